The highest BCUT2D eigenvalue weighted by Gasteiger charge is 2.51. The van der Waals surface area contributed by atoms with Crippen molar-refractivity contribution < 1.29 is 59.0 Å². The lowest BCUT2D eigenvalue weighted by atomic mass is 9.85. The van der Waals surface area contributed by atoms with Crippen molar-refractivity contribution in [3.63, 3.8) is 0 Å². The van der Waals surface area contributed by atoms with Crippen LogP contribution in [0.2, 0.25) is 0 Å². The van der Waals surface area contributed by atoms with Crippen molar-refractivity contribution in [1.29, 1.82) is 0 Å². The van der Waals surface area contributed by atoms with E-state index in [2.05, 4.69) is 43.5 Å². The molecule has 58 heavy (non-hydrogen) atoms. The van der Waals surface area contributed by atoms with Gasteiger partial charge in [-0.2, -0.15) is 0 Å². The van der Waals surface area contributed by atoms with Gasteiger partial charge >= 0.3 is 7.82 Å². The largest absolute Gasteiger partial charge is 0.472 e. The first kappa shape index (κ1) is 54.5. The SMILES string of the molecule is CCCCCCCC/C=C/CC/C=C/C(O)C(COP(=O)(O)OC1C(O)C(O)C(O)C(O)C1O)NC(=O)CC(O)CCCCC/C=C\CCCCCCCCCCC. The molecule has 1 fully saturated rings. The normalized spacial score (nSPS) is 24.1. The van der Waals surface area contributed by atoms with E-state index in [1.54, 1.807) is 6.08 Å². The van der Waals surface area contributed by atoms with Gasteiger partial charge in [0.2, 0.25) is 5.91 Å². The van der Waals surface area contributed by atoms with E-state index in [1.807, 2.05) is 0 Å². The summed E-state index contributed by atoms with van der Waals surface area (Å²) in [6.45, 7) is 3.69. The number of amides is 1. The quantitative estimate of drug-likeness (QED) is 0.0177. The number of phosphoric acid groups is 1. The summed E-state index contributed by atoms with van der Waals surface area (Å²) in [5.41, 5.74) is 0. The van der Waals surface area contributed by atoms with E-state index in [0.29, 0.717) is 12.8 Å². The Balaban J connectivity index is 2.58. The highest BCUT2D eigenvalue weighted by atomic mass is 31.2. The standard InChI is InChI=1S/C44H82NO12P/c1-3-5-7-9-11-13-15-17-18-19-20-21-23-25-27-29-31-35(46)33-38(48)45-36(37(47)32-30-28-26-24-22-16-14-12-10-8-6-4-2)34-56-58(54,55)57-44-42(52)40(50)39(49)41(51)43(44)53/h20-22,24,30,32,35-37,39-44,46-47,49-53H,3-19,23,25-29,31,33-34H2,1-2H3,(H,45,48)(H,54,55)/b21-20-,24-22+,32-30+. The Bertz CT molecular complexity index is 1140. The second-order valence-corrected chi connectivity index (χ2v) is 17.5. The lowest BCUT2D eigenvalue weighted by Gasteiger charge is -2.41. The van der Waals surface area contributed by atoms with Crippen molar-refractivity contribution in [3.05, 3.63) is 36.5 Å². The van der Waals surface area contributed by atoms with Crippen LogP contribution in [-0.2, 0) is 18.4 Å². The number of aliphatic hydroxyl groups excluding tert-OH is 7. The van der Waals surface area contributed by atoms with E-state index in [1.165, 1.54) is 96.0 Å². The molecule has 1 aliphatic carbocycles. The fourth-order valence-corrected chi connectivity index (χ4v) is 7.92. The number of phosphoric ester groups is 1. The van der Waals surface area contributed by atoms with Gasteiger partial charge in [-0.1, -0.05) is 147 Å². The summed E-state index contributed by atoms with van der Waals surface area (Å²) in [6.07, 6.45) is 23.9. The summed E-state index contributed by atoms with van der Waals surface area (Å²) in [5.74, 6) is -0.613. The molecule has 340 valence electrons. The third-order valence-corrected chi connectivity index (χ3v) is 11.7. The van der Waals surface area contributed by atoms with Crippen LogP contribution in [0.3, 0.4) is 0 Å². The molecular formula is C44H82NO12P. The number of carbonyl (C=O) groups excluding carboxylic acids is 1. The maximum absolute atomic E-state index is 13.0. The molecule has 0 saturated heterocycles. The van der Waals surface area contributed by atoms with Crippen LogP contribution in [0.15, 0.2) is 36.5 Å². The maximum Gasteiger partial charge on any atom is 0.472 e. The molecule has 1 amide bonds. The van der Waals surface area contributed by atoms with Crippen molar-refractivity contribution in [3.8, 4) is 0 Å². The predicted octanol–water partition coefficient (Wildman–Crippen LogP) is 6.97. The topological polar surface area (TPSA) is 226 Å². The highest BCUT2D eigenvalue weighted by Crippen LogP contribution is 2.47. The molecule has 0 heterocycles. The van der Waals surface area contributed by atoms with Crippen LogP contribution in [0.25, 0.3) is 0 Å². The van der Waals surface area contributed by atoms with E-state index < -0.39 is 75.2 Å². The molecule has 8 unspecified atom stereocenters. The van der Waals surface area contributed by atoms with E-state index in [4.69, 9.17) is 9.05 Å². The minimum absolute atomic E-state index is 0.263. The zero-order chi connectivity index (χ0) is 43.0. The van der Waals surface area contributed by atoms with Crippen LogP contribution < -0.4 is 5.32 Å². The molecule has 1 rings (SSSR count). The van der Waals surface area contributed by atoms with Crippen molar-refractivity contribution in [1.82, 2.24) is 5.32 Å². The zero-order valence-corrected chi connectivity index (χ0v) is 36.6. The number of allylic oxidation sites excluding steroid dienone is 5. The molecule has 14 heteroatoms. The van der Waals surface area contributed by atoms with Crippen molar-refractivity contribution >= 4 is 13.7 Å². The van der Waals surface area contributed by atoms with Gasteiger partial charge in [0.1, 0.15) is 36.6 Å². The van der Waals surface area contributed by atoms with Crippen LogP contribution in [-0.4, -0.2) is 108 Å². The van der Waals surface area contributed by atoms with Crippen LogP contribution in [0.5, 0.6) is 0 Å². The molecule has 0 aliphatic heterocycles. The summed E-state index contributed by atoms with van der Waals surface area (Å²) in [6, 6.07) is -1.26. The Labute approximate surface area is 349 Å². The molecule has 8 atom stereocenters. The number of nitrogens with one attached hydrogen (secondary N) is 1. The lowest BCUT2D eigenvalue weighted by molar-refractivity contribution is -0.220. The highest BCUT2D eigenvalue weighted by molar-refractivity contribution is 7.47. The maximum atomic E-state index is 13.0. The molecule has 0 spiro atoms. The minimum atomic E-state index is -5.15. The third kappa shape index (κ3) is 26.0. The average Bonchev–Trinajstić information content (AvgIpc) is 3.19. The second-order valence-electron chi connectivity index (χ2n) is 16.1. The van der Waals surface area contributed by atoms with E-state index in [9.17, 15) is 50.0 Å². The fourth-order valence-electron chi connectivity index (χ4n) is 6.96. The molecule has 0 aromatic carbocycles. The molecular weight excluding hydrogens is 765 g/mol. The van der Waals surface area contributed by atoms with Gasteiger partial charge in [0, 0.05) is 0 Å². The number of unbranched alkanes of at least 4 members (excludes halogenated alkanes) is 19. The van der Waals surface area contributed by atoms with Crippen LogP contribution in [0.4, 0.5) is 0 Å². The first-order chi connectivity index (χ1) is 27.8. The van der Waals surface area contributed by atoms with E-state index >= 15 is 0 Å². The number of carbonyl (C=O) groups is 1. The predicted molar refractivity (Wildman–Crippen MR) is 229 cm³/mol. The van der Waals surface area contributed by atoms with Gasteiger partial charge in [-0.3, -0.25) is 13.8 Å². The van der Waals surface area contributed by atoms with Gasteiger partial charge in [-0.25, -0.2) is 4.57 Å². The summed E-state index contributed by atoms with van der Waals surface area (Å²) < 4.78 is 22.8. The molecule has 0 aromatic rings. The third-order valence-electron chi connectivity index (χ3n) is 10.7. The fraction of sp³-hybridized carbons (Fsp3) is 0.841. The Morgan fingerprint density at radius 2 is 1.02 bits per heavy atom. The molecule has 0 radical (unpaired) electrons. The van der Waals surface area contributed by atoms with Crippen molar-refractivity contribution in [2.45, 2.75) is 229 Å². The molecule has 0 aromatic heterocycles. The average molecular weight is 848 g/mol. The van der Waals surface area contributed by atoms with E-state index in [-0.39, 0.29) is 6.42 Å². The van der Waals surface area contributed by atoms with Crippen LogP contribution >= 0.6 is 7.82 Å². The van der Waals surface area contributed by atoms with Gasteiger partial charge in [0.25, 0.3) is 0 Å². The minimum Gasteiger partial charge on any atom is -0.393 e. The molecule has 0 bridgehead atoms. The van der Waals surface area contributed by atoms with Gasteiger partial charge in [-0.05, 0) is 57.8 Å². The molecule has 1 saturated carbocycles. The van der Waals surface area contributed by atoms with E-state index in [0.717, 1.165) is 51.4 Å². The number of hydrogen-bond donors (Lipinski definition) is 9. The monoisotopic (exact) mass is 848 g/mol. The number of aliphatic hydroxyl groups is 7. The number of hydrogen-bond acceptors (Lipinski definition) is 11. The summed E-state index contributed by atoms with van der Waals surface area (Å²) in [7, 11) is -5.15. The zero-order valence-electron chi connectivity index (χ0n) is 35.7. The van der Waals surface area contributed by atoms with Gasteiger partial charge in [-0.15, -0.1) is 0 Å². The van der Waals surface area contributed by atoms with Crippen LogP contribution in [0, 0.1) is 0 Å². The number of rotatable bonds is 36. The van der Waals surface area contributed by atoms with Gasteiger partial charge in [0.05, 0.1) is 31.3 Å². The van der Waals surface area contributed by atoms with Gasteiger partial charge in [0.15, 0.2) is 0 Å². The Morgan fingerprint density at radius 1 is 0.603 bits per heavy atom. The van der Waals surface area contributed by atoms with Gasteiger partial charge < -0.3 is 46.0 Å². The first-order valence-corrected chi connectivity index (χ1v) is 24.0. The Hall–Kier alpha value is -1.48. The summed E-state index contributed by atoms with van der Waals surface area (Å²) in [4.78, 5) is 23.4. The lowest BCUT2D eigenvalue weighted by Crippen LogP contribution is -2.64. The van der Waals surface area contributed by atoms with Crippen LogP contribution in [0.1, 0.15) is 174 Å². The Morgan fingerprint density at radius 3 is 1.52 bits per heavy atom. The smallest absolute Gasteiger partial charge is 0.393 e. The van der Waals surface area contributed by atoms with Crippen molar-refractivity contribution in [2.75, 3.05) is 6.61 Å². The molecule has 9 N–H and O–H groups in total. The summed E-state index contributed by atoms with van der Waals surface area (Å²) >= 11 is 0. The van der Waals surface area contributed by atoms with Crippen molar-refractivity contribution in [2.24, 2.45) is 0 Å². The second kappa shape index (κ2) is 34.1. The summed E-state index contributed by atoms with van der Waals surface area (Å²) in [5, 5.41) is 74.3. The first-order valence-electron chi connectivity index (χ1n) is 22.5. The Kier molecular flexibility index (Phi) is 32.1. The molecule has 1 aliphatic rings. The molecule has 13 nitrogen and oxygen atoms in total.